The van der Waals surface area contributed by atoms with Gasteiger partial charge in [-0.1, -0.05) is 12.2 Å². The Labute approximate surface area is 140 Å². The third kappa shape index (κ3) is 2.00. The molecule has 2 saturated carbocycles. The van der Waals surface area contributed by atoms with E-state index in [0.29, 0.717) is 18.4 Å². The van der Waals surface area contributed by atoms with Gasteiger partial charge in [0, 0.05) is 30.3 Å². The summed E-state index contributed by atoms with van der Waals surface area (Å²) in [5.41, 5.74) is 0.115. The van der Waals surface area contributed by atoms with Gasteiger partial charge in [-0.15, -0.1) is 0 Å². The molecule has 1 N–H and O–H groups in total. The van der Waals surface area contributed by atoms with E-state index in [4.69, 9.17) is 4.74 Å². The van der Waals surface area contributed by atoms with E-state index in [-0.39, 0.29) is 41.7 Å². The number of Topliss-reactive ketones (excluding diaryl/α,β-unsaturated/α-hetero) is 1. The molecule has 0 aromatic carbocycles. The topological polar surface area (TPSA) is 80.7 Å². The highest BCUT2D eigenvalue weighted by Crippen LogP contribution is 2.58. The smallest absolute Gasteiger partial charge is 0.310 e. The lowest BCUT2D eigenvalue weighted by atomic mass is 9.61. The highest BCUT2D eigenvalue weighted by Gasteiger charge is 2.67. The number of ketones is 2. The Morgan fingerprint density at radius 2 is 2.08 bits per heavy atom. The summed E-state index contributed by atoms with van der Waals surface area (Å²) in [4.78, 5) is 37.9. The van der Waals surface area contributed by atoms with E-state index in [9.17, 15) is 19.5 Å². The Balaban J connectivity index is 1.83. The van der Waals surface area contributed by atoms with Gasteiger partial charge in [0.1, 0.15) is 6.10 Å². The van der Waals surface area contributed by atoms with Crippen LogP contribution in [0.25, 0.3) is 0 Å². The number of fused-ring (bicyclic) bond motifs is 2. The van der Waals surface area contributed by atoms with Crippen molar-refractivity contribution in [1.29, 1.82) is 0 Å². The third-order valence-corrected chi connectivity index (χ3v) is 6.45. The van der Waals surface area contributed by atoms with Crippen molar-refractivity contribution < 1.29 is 24.2 Å². The minimum absolute atomic E-state index is 0.0330. The summed E-state index contributed by atoms with van der Waals surface area (Å²) in [5, 5.41) is 10.7. The second-order valence-electron chi connectivity index (χ2n) is 8.14. The molecule has 1 heterocycles. The molecule has 4 rings (SSSR count). The van der Waals surface area contributed by atoms with Crippen molar-refractivity contribution >= 4 is 17.5 Å². The second kappa shape index (κ2) is 4.88. The lowest BCUT2D eigenvalue weighted by molar-refractivity contribution is -0.149. The van der Waals surface area contributed by atoms with Crippen molar-refractivity contribution in [1.82, 2.24) is 0 Å². The van der Waals surface area contributed by atoms with Gasteiger partial charge in [0.05, 0.1) is 17.4 Å². The van der Waals surface area contributed by atoms with Crippen LogP contribution in [0.15, 0.2) is 23.8 Å². The largest absolute Gasteiger partial charge is 0.462 e. The van der Waals surface area contributed by atoms with Crippen LogP contribution >= 0.6 is 0 Å². The number of carbonyl (C=O) groups excluding carboxylic acids is 3. The van der Waals surface area contributed by atoms with Crippen LogP contribution < -0.4 is 0 Å². The van der Waals surface area contributed by atoms with Gasteiger partial charge in [-0.3, -0.25) is 14.4 Å². The molecular formula is C19H22O5. The summed E-state index contributed by atoms with van der Waals surface area (Å²) in [6, 6.07) is 0. The first-order chi connectivity index (χ1) is 11.2. The second-order valence-corrected chi connectivity index (χ2v) is 8.14. The number of hydrogen-bond donors (Lipinski definition) is 1. The zero-order chi connectivity index (χ0) is 17.4. The lowest BCUT2D eigenvalue weighted by Gasteiger charge is -2.39. The van der Waals surface area contributed by atoms with Gasteiger partial charge in [0.2, 0.25) is 0 Å². The normalized spacial score (nSPS) is 46.8. The van der Waals surface area contributed by atoms with E-state index in [1.165, 1.54) is 6.08 Å². The minimum Gasteiger partial charge on any atom is -0.462 e. The summed E-state index contributed by atoms with van der Waals surface area (Å²) in [6.07, 6.45) is 2.20. The summed E-state index contributed by atoms with van der Waals surface area (Å²) < 4.78 is 5.51. The van der Waals surface area contributed by atoms with Crippen LogP contribution in [0.3, 0.4) is 0 Å². The molecule has 1 saturated heterocycles. The number of carbonyl (C=O) groups is 3. The number of allylic oxidation sites excluding steroid dienone is 3. The maximum Gasteiger partial charge on any atom is 0.310 e. The molecule has 1 aliphatic heterocycles. The first-order valence-electron chi connectivity index (χ1n) is 8.57. The average molecular weight is 330 g/mol. The molecule has 24 heavy (non-hydrogen) atoms. The standard InChI is InChI=1S/C19H22O5/c1-8(2)9-4-10(20)6-12-11(5-9)14-15-13(24-18(14)22)7-19(3,23)16(15)17(12)21/h6,9,11,13-16,23H,1,4-5,7H2,2-3H3. The monoisotopic (exact) mass is 330 g/mol. The molecule has 0 radical (unpaired) electrons. The Bertz CT molecular complexity index is 701. The van der Waals surface area contributed by atoms with E-state index >= 15 is 0 Å². The van der Waals surface area contributed by atoms with Crippen LogP contribution in [-0.4, -0.2) is 34.3 Å². The van der Waals surface area contributed by atoms with Crippen molar-refractivity contribution in [2.45, 2.75) is 44.8 Å². The van der Waals surface area contributed by atoms with Crippen molar-refractivity contribution in [2.24, 2.45) is 29.6 Å². The Hall–Kier alpha value is -1.75. The number of hydrogen-bond acceptors (Lipinski definition) is 5. The SMILES string of the molecule is C=C(C)C1CC(=O)C=C2C(=O)C3C4C(CC3(C)O)OC(=O)C4C2C1. The molecule has 7 atom stereocenters. The van der Waals surface area contributed by atoms with Crippen molar-refractivity contribution in [3.8, 4) is 0 Å². The molecule has 0 aromatic heterocycles. The fraction of sp³-hybridized carbons (Fsp3) is 0.632. The highest BCUT2D eigenvalue weighted by atomic mass is 16.6. The summed E-state index contributed by atoms with van der Waals surface area (Å²) in [6.45, 7) is 7.48. The Kier molecular flexibility index (Phi) is 3.21. The van der Waals surface area contributed by atoms with Crippen LogP contribution in [0.5, 0.6) is 0 Å². The number of esters is 1. The molecule has 7 unspecified atom stereocenters. The van der Waals surface area contributed by atoms with E-state index in [1.54, 1.807) is 6.92 Å². The average Bonchev–Trinajstić information content (AvgIpc) is 2.81. The predicted molar refractivity (Wildman–Crippen MR) is 84.7 cm³/mol. The highest BCUT2D eigenvalue weighted by molar-refractivity contribution is 6.07. The van der Waals surface area contributed by atoms with Crippen LogP contribution in [-0.2, 0) is 19.1 Å². The first-order valence-corrected chi connectivity index (χ1v) is 8.57. The van der Waals surface area contributed by atoms with Crippen LogP contribution in [0.2, 0.25) is 0 Å². The summed E-state index contributed by atoms with van der Waals surface area (Å²) in [5.74, 6) is -2.28. The van der Waals surface area contributed by atoms with E-state index < -0.39 is 23.5 Å². The molecule has 5 heteroatoms. The van der Waals surface area contributed by atoms with Crippen LogP contribution in [0.1, 0.15) is 33.1 Å². The van der Waals surface area contributed by atoms with Crippen molar-refractivity contribution in [3.63, 3.8) is 0 Å². The molecule has 0 aromatic rings. The van der Waals surface area contributed by atoms with Gasteiger partial charge in [-0.25, -0.2) is 0 Å². The fourth-order valence-electron chi connectivity index (χ4n) is 5.38. The third-order valence-electron chi connectivity index (χ3n) is 6.45. The molecule has 3 aliphatic carbocycles. The zero-order valence-electron chi connectivity index (χ0n) is 14.0. The molecule has 4 aliphatic rings. The predicted octanol–water partition coefficient (Wildman–Crippen LogP) is 1.60. The number of ether oxygens (including phenoxy) is 1. The fourth-order valence-corrected chi connectivity index (χ4v) is 5.38. The number of aliphatic hydroxyl groups is 1. The van der Waals surface area contributed by atoms with Gasteiger partial charge in [-0.2, -0.15) is 0 Å². The summed E-state index contributed by atoms with van der Waals surface area (Å²) >= 11 is 0. The maximum absolute atomic E-state index is 13.1. The Morgan fingerprint density at radius 1 is 1.38 bits per heavy atom. The Morgan fingerprint density at radius 3 is 2.75 bits per heavy atom. The quantitative estimate of drug-likeness (QED) is 0.583. The lowest BCUT2D eigenvalue weighted by Crippen LogP contribution is -2.48. The molecular weight excluding hydrogens is 308 g/mol. The van der Waals surface area contributed by atoms with Gasteiger partial charge in [-0.05, 0) is 32.3 Å². The molecule has 0 amide bonds. The maximum atomic E-state index is 13.1. The molecule has 3 fully saturated rings. The van der Waals surface area contributed by atoms with Crippen LogP contribution in [0, 0.1) is 29.6 Å². The van der Waals surface area contributed by atoms with Gasteiger partial charge in [0.25, 0.3) is 0 Å². The van der Waals surface area contributed by atoms with Crippen LogP contribution in [0.4, 0.5) is 0 Å². The molecule has 128 valence electrons. The van der Waals surface area contributed by atoms with Gasteiger partial charge in [0.15, 0.2) is 11.6 Å². The van der Waals surface area contributed by atoms with E-state index in [2.05, 4.69) is 6.58 Å². The molecule has 0 spiro atoms. The summed E-state index contributed by atoms with van der Waals surface area (Å²) in [7, 11) is 0. The van der Waals surface area contributed by atoms with Gasteiger partial charge >= 0.3 is 5.97 Å². The van der Waals surface area contributed by atoms with E-state index in [0.717, 1.165) is 5.57 Å². The minimum atomic E-state index is -1.19. The zero-order valence-corrected chi connectivity index (χ0v) is 14.0. The van der Waals surface area contributed by atoms with Crippen molar-refractivity contribution in [2.75, 3.05) is 0 Å². The van der Waals surface area contributed by atoms with E-state index in [1.807, 2.05) is 6.92 Å². The molecule has 5 nitrogen and oxygen atoms in total. The van der Waals surface area contributed by atoms with Crippen molar-refractivity contribution in [3.05, 3.63) is 23.8 Å². The number of rotatable bonds is 1. The van der Waals surface area contributed by atoms with Gasteiger partial charge < -0.3 is 9.84 Å². The molecule has 0 bridgehead atoms. The first kappa shape index (κ1) is 15.8.